The van der Waals surface area contributed by atoms with Crippen LogP contribution >= 0.6 is 0 Å². The Bertz CT molecular complexity index is 433. The van der Waals surface area contributed by atoms with Gasteiger partial charge in [-0.1, -0.05) is 33.8 Å². The number of hydrogen-bond donors (Lipinski definition) is 1. The minimum absolute atomic E-state index is 0.513. The first kappa shape index (κ1) is 14.7. The third kappa shape index (κ3) is 2.74. The molecule has 0 aliphatic rings. The van der Waals surface area contributed by atoms with E-state index in [2.05, 4.69) is 20.3 Å². The second-order valence-electron chi connectivity index (χ2n) is 4.31. The summed E-state index contributed by atoms with van der Waals surface area (Å²) in [5, 5.41) is 9.43. The zero-order valence-electron chi connectivity index (χ0n) is 11.8. The van der Waals surface area contributed by atoms with Crippen LogP contribution < -0.4 is 0 Å². The van der Waals surface area contributed by atoms with Gasteiger partial charge in [0.15, 0.2) is 0 Å². The number of benzene rings is 1. The summed E-state index contributed by atoms with van der Waals surface area (Å²) in [6, 6.07) is 2.00. The van der Waals surface area contributed by atoms with Crippen LogP contribution in [0.3, 0.4) is 0 Å². The first-order chi connectivity index (χ1) is 8.60. The summed E-state index contributed by atoms with van der Waals surface area (Å²) in [5.41, 5.74) is 4.67. The van der Waals surface area contributed by atoms with Crippen molar-refractivity contribution in [3.05, 3.63) is 40.3 Å². The van der Waals surface area contributed by atoms with Crippen molar-refractivity contribution in [3.63, 3.8) is 0 Å². The highest BCUT2D eigenvalue weighted by molar-refractivity contribution is 5.92. The molecule has 0 unspecified atom stereocenters. The van der Waals surface area contributed by atoms with Crippen LogP contribution in [0.25, 0.3) is 0 Å². The Kier molecular flexibility index (Phi) is 5.39. The molecule has 0 saturated carbocycles. The molecule has 2 heteroatoms. The molecule has 0 saturated heterocycles. The van der Waals surface area contributed by atoms with Crippen LogP contribution in [0, 0.1) is 6.42 Å². The normalized spacial score (nSPS) is 10.7. The van der Waals surface area contributed by atoms with E-state index in [0.29, 0.717) is 5.56 Å². The molecule has 1 aromatic carbocycles. The van der Waals surface area contributed by atoms with Crippen molar-refractivity contribution in [1.82, 2.24) is 0 Å². The lowest BCUT2D eigenvalue weighted by atomic mass is 9.86. The van der Waals surface area contributed by atoms with Crippen molar-refractivity contribution in [3.8, 4) is 0 Å². The van der Waals surface area contributed by atoms with Gasteiger partial charge in [-0.3, -0.25) is 0 Å². The average Bonchev–Trinajstić information content (AvgIpc) is 2.36. The number of carbonyl (C=O) groups is 1. The Morgan fingerprint density at radius 2 is 1.72 bits per heavy atom. The summed E-state index contributed by atoms with van der Waals surface area (Å²) in [6.07, 6.45) is 6.57. The Morgan fingerprint density at radius 1 is 1.11 bits per heavy atom. The first-order valence-corrected chi connectivity index (χ1v) is 6.75. The van der Waals surface area contributed by atoms with Gasteiger partial charge in [0.2, 0.25) is 0 Å². The number of carboxylic acids is 1. The summed E-state index contributed by atoms with van der Waals surface area (Å²) < 4.78 is 0. The van der Waals surface area contributed by atoms with Gasteiger partial charge >= 0.3 is 5.97 Å². The van der Waals surface area contributed by atoms with Crippen LogP contribution in [0.2, 0.25) is 0 Å². The van der Waals surface area contributed by atoms with Gasteiger partial charge in [0.05, 0.1) is 5.56 Å². The van der Waals surface area contributed by atoms with E-state index in [0.717, 1.165) is 47.9 Å². The monoisotopic (exact) mass is 246 g/mol. The van der Waals surface area contributed by atoms with Crippen LogP contribution in [0.15, 0.2) is 6.07 Å². The largest absolute Gasteiger partial charge is 0.478 e. The lowest BCUT2D eigenvalue weighted by molar-refractivity contribution is 0.0694. The van der Waals surface area contributed by atoms with Gasteiger partial charge in [-0.2, -0.15) is 0 Å². The number of aryl methyl sites for hydroxylation is 1. The van der Waals surface area contributed by atoms with Crippen LogP contribution in [-0.2, 0) is 19.3 Å². The Labute approximate surface area is 110 Å². The molecule has 0 heterocycles. The minimum atomic E-state index is -0.804. The molecule has 2 nitrogen and oxygen atoms in total. The lowest BCUT2D eigenvalue weighted by Crippen LogP contribution is -2.11. The number of rotatable bonds is 6. The Morgan fingerprint density at radius 3 is 2.11 bits per heavy atom. The highest BCUT2D eigenvalue weighted by Gasteiger charge is 2.19. The van der Waals surface area contributed by atoms with Gasteiger partial charge in [0, 0.05) is 6.42 Å². The minimum Gasteiger partial charge on any atom is -0.478 e. The molecule has 0 atom stereocenters. The molecule has 0 bridgehead atoms. The molecule has 0 fully saturated rings. The standard InChI is InChI=1S/C16H22O2/c1-5-9-12-10-11(6-2)15(16(17)18)14(8-4)13(12)7-3/h10H,5-8H2,1-4H3,(H,17,18). The third-order valence-electron chi connectivity index (χ3n) is 3.30. The molecule has 98 valence electrons. The summed E-state index contributed by atoms with van der Waals surface area (Å²) in [6.45, 7) is 8.16. The fourth-order valence-corrected chi connectivity index (χ4v) is 2.53. The van der Waals surface area contributed by atoms with Gasteiger partial charge in [-0.25, -0.2) is 4.79 Å². The summed E-state index contributed by atoms with van der Waals surface area (Å²) >= 11 is 0. The van der Waals surface area contributed by atoms with E-state index in [1.54, 1.807) is 0 Å². The Balaban J connectivity index is 3.56. The van der Waals surface area contributed by atoms with E-state index in [9.17, 15) is 9.90 Å². The van der Waals surface area contributed by atoms with E-state index < -0.39 is 5.97 Å². The molecule has 18 heavy (non-hydrogen) atoms. The fraction of sp³-hybridized carbons (Fsp3) is 0.500. The lowest BCUT2D eigenvalue weighted by Gasteiger charge is -2.18. The maximum absolute atomic E-state index is 11.5. The predicted molar refractivity (Wildman–Crippen MR) is 74.2 cm³/mol. The second-order valence-corrected chi connectivity index (χ2v) is 4.31. The van der Waals surface area contributed by atoms with Crippen molar-refractivity contribution in [2.45, 2.75) is 53.4 Å². The van der Waals surface area contributed by atoms with Crippen molar-refractivity contribution in [2.24, 2.45) is 0 Å². The highest BCUT2D eigenvalue weighted by Crippen LogP contribution is 2.27. The van der Waals surface area contributed by atoms with Crippen molar-refractivity contribution < 1.29 is 9.90 Å². The molecule has 1 aromatic rings. The van der Waals surface area contributed by atoms with Crippen LogP contribution in [0.1, 0.15) is 66.7 Å². The Hall–Kier alpha value is -1.31. The molecule has 0 aliphatic heterocycles. The molecule has 2 radical (unpaired) electrons. The van der Waals surface area contributed by atoms with E-state index in [4.69, 9.17) is 0 Å². The predicted octanol–water partition coefficient (Wildman–Crippen LogP) is 3.91. The molecular formula is C16H22O2. The van der Waals surface area contributed by atoms with Gasteiger partial charge < -0.3 is 5.11 Å². The van der Waals surface area contributed by atoms with Gasteiger partial charge in [-0.15, -0.1) is 0 Å². The summed E-state index contributed by atoms with van der Waals surface area (Å²) in [5.74, 6) is -0.804. The van der Waals surface area contributed by atoms with Crippen LogP contribution in [-0.4, -0.2) is 11.1 Å². The highest BCUT2D eigenvalue weighted by atomic mass is 16.4. The molecule has 0 spiro atoms. The van der Waals surface area contributed by atoms with Crippen LogP contribution in [0.4, 0.5) is 0 Å². The maximum Gasteiger partial charge on any atom is 0.336 e. The van der Waals surface area contributed by atoms with Crippen molar-refractivity contribution in [2.75, 3.05) is 0 Å². The topological polar surface area (TPSA) is 37.3 Å². The zero-order valence-corrected chi connectivity index (χ0v) is 11.8. The zero-order chi connectivity index (χ0) is 13.7. The maximum atomic E-state index is 11.5. The summed E-state index contributed by atoms with van der Waals surface area (Å²) in [7, 11) is 0. The number of aromatic carboxylic acids is 1. The van der Waals surface area contributed by atoms with E-state index in [-0.39, 0.29) is 0 Å². The second kappa shape index (κ2) is 6.58. The van der Waals surface area contributed by atoms with Gasteiger partial charge in [0.1, 0.15) is 0 Å². The van der Waals surface area contributed by atoms with Crippen molar-refractivity contribution >= 4 is 5.97 Å². The van der Waals surface area contributed by atoms with Crippen LogP contribution in [0.5, 0.6) is 0 Å². The van der Waals surface area contributed by atoms with E-state index >= 15 is 0 Å². The third-order valence-corrected chi connectivity index (χ3v) is 3.30. The van der Waals surface area contributed by atoms with Crippen molar-refractivity contribution in [1.29, 1.82) is 0 Å². The first-order valence-electron chi connectivity index (χ1n) is 6.75. The smallest absolute Gasteiger partial charge is 0.336 e. The summed E-state index contributed by atoms with van der Waals surface area (Å²) in [4.78, 5) is 11.5. The quantitative estimate of drug-likeness (QED) is 0.826. The van der Waals surface area contributed by atoms with Gasteiger partial charge in [0.25, 0.3) is 0 Å². The SMILES string of the molecule is CC[C]c1cc(CC)c(C(=O)O)c(CC)c1CC. The molecule has 0 amide bonds. The molecule has 0 aliphatic carbocycles. The average molecular weight is 246 g/mol. The number of hydrogen-bond acceptors (Lipinski definition) is 1. The number of carboxylic acid groups (broad SMARTS) is 1. The molecule has 1 rings (SSSR count). The molecule has 1 N–H and O–H groups in total. The van der Waals surface area contributed by atoms with Gasteiger partial charge in [-0.05, 0) is 47.9 Å². The molecular weight excluding hydrogens is 224 g/mol. The van der Waals surface area contributed by atoms with E-state index in [1.165, 1.54) is 0 Å². The van der Waals surface area contributed by atoms with E-state index in [1.807, 2.05) is 19.9 Å². The fourth-order valence-electron chi connectivity index (χ4n) is 2.53. The molecule has 0 aromatic heterocycles.